The summed E-state index contributed by atoms with van der Waals surface area (Å²) in [6.45, 7) is 3.61. The van der Waals surface area contributed by atoms with E-state index in [9.17, 15) is 22.8 Å². The number of Topliss-reactive ketones (excluding diaryl/α,β-unsaturated/α-hetero) is 1. The van der Waals surface area contributed by atoms with E-state index >= 15 is 0 Å². The number of carbonyl (C=O) groups is 2. The van der Waals surface area contributed by atoms with Crippen LogP contribution in [-0.4, -0.2) is 17.3 Å². The van der Waals surface area contributed by atoms with Gasteiger partial charge in [0.2, 0.25) is 0 Å². The van der Waals surface area contributed by atoms with Gasteiger partial charge >= 0.3 is 6.18 Å². The van der Waals surface area contributed by atoms with Gasteiger partial charge in [-0.2, -0.15) is 13.2 Å². The van der Waals surface area contributed by atoms with Crippen LogP contribution in [0.2, 0.25) is 0 Å². The summed E-state index contributed by atoms with van der Waals surface area (Å²) in [6.07, 6.45) is -4.24. The van der Waals surface area contributed by atoms with Crippen molar-refractivity contribution >= 4 is 17.4 Å². The number of carbonyl (C=O) groups excluding carboxylic acids is 2. The highest BCUT2D eigenvalue weighted by Crippen LogP contribution is 2.34. The standard InChI is InChI=1S/C19H16F3NO3/c1-18(2)10-15(24)14-9-11(3-8-16(14)26-18)17(25)23-13-6-4-12(5-7-13)19(20,21)22/h3-9H,10H2,1-2H3,(H,23,25). The zero-order valence-corrected chi connectivity index (χ0v) is 14.1. The SMILES string of the molecule is CC1(C)CC(=O)c2cc(C(=O)Nc3ccc(C(F)(F)F)cc3)ccc2O1. The fourth-order valence-electron chi connectivity index (χ4n) is 2.74. The molecule has 1 heterocycles. The molecule has 0 spiro atoms. The smallest absolute Gasteiger partial charge is 0.416 e. The number of anilines is 1. The van der Waals surface area contributed by atoms with Gasteiger partial charge in [-0.3, -0.25) is 9.59 Å². The molecular formula is C19H16F3NO3. The number of ether oxygens (including phenoxy) is 1. The second kappa shape index (κ2) is 6.16. The van der Waals surface area contributed by atoms with E-state index in [1.54, 1.807) is 19.9 Å². The van der Waals surface area contributed by atoms with Crippen molar-refractivity contribution in [3.05, 3.63) is 59.2 Å². The van der Waals surface area contributed by atoms with Crippen LogP contribution in [0.5, 0.6) is 5.75 Å². The van der Waals surface area contributed by atoms with E-state index in [0.717, 1.165) is 12.1 Å². The van der Waals surface area contributed by atoms with Gasteiger partial charge in [0, 0.05) is 11.3 Å². The molecule has 0 fully saturated rings. The number of rotatable bonds is 2. The second-order valence-corrected chi connectivity index (χ2v) is 6.70. The van der Waals surface area contributed by atoms with Crippen molar-refractivity contribution < 1.29 is 27.5 Å². The van der Waals surface area contributed by atoms with Gasteiger partial charge < -0.3 is 10.1 Å². The predicted octanol–water partition coefficient (Wildman–Crippen LogP) is 4.70. The molecule has 0 saturated heterocycles. The first kappa shape index (κ1) is 18.0. The second-order valence-electron chi connectivity index (χ2n) is 6.70. The van der Waals surface area contributed by atoms with Crippen LogP contribution in [0, 0.1) is 0 Å². The Kier molecular flexibility index (Phi) is 4.26. The Labute approximate surface area is 148 Å². The van der Waals surface area contributed by atoms with E-state index in [4.69, 9.17) is 4.74 Å². The Morgan fingerprint density at radius 2 is 1.77 bits per heavy atom. The Balaban J connectivity index is 1.79. The molecule has 4 nitrogen and oxygen atoms in total. The van der Waals surface area contributed by atoms with E-state index in [1.165, 1.54) is 24.3 Å². The van der Waals surface area contributed by atoms with Crippen molar-refractivity contribution in [3.8, 4) is 5.75 Å². The first-order chi connectivity index (χ1) is 12.0. The van der Waals surface area contributed by atoms with Crippen molar-refractivity contribution in [1.82, 2.24) is 0 Å². The number of hydrogen-bond acceptors (Lipinski definition) is 3. The van der Waals surface area contributed by atoms with Crippen LogP contribution in [-0.2, 0) is 6.18 Å². The van der Waals surface area contributed by atoms with Gasteiger partial charge in [0.25, 0.3) is 5.91 Å². The molecule has 0 aromatic heterocycles. The molecule has 0 aliphatic carbocycles. The monoisotopic (exact) mass is 363 g/mol. The van der Waals surface area contributed by atoms with Crippen LogP contribution in [0.3, 0.4) is 0 Å². The quantitative estimate of drug-likeness (QED) is 0.841. The van der Waals surface area contributed by atoms with Crippen molar-refractivity contribution in [2.24, 2.45) is 0 Å². The maximum atomic E-state index is 12.6. The number of hydrogen-bond donors (Lipinski definition) is 1. The van der Waals surface area contributed by atoms with Crippen LogP contribution in [0.25, 0.3) is 0 Å². The van der Waals surface area contributed by atoms with Gasteiger partial charge in [-0.05, 0) is 56.3 Å². The lowest BCUT2D eigenvalue weighted by Crippen LogP contribution is -2.36. The zero-order chi connectivity index (χ0) is 19.1. The molecule has 7 heteroatoms. The fourth-order valence-corrected chi connectivity index (χ4v) is 2.74. The first-order valence-corrected chi connectivity index (χ1v) is 7.90. The summed E-state index contributed by atoms with van der Waals surface area (Å²) in [5.74, 6) is -0.233. The van der Waals surface area contributed by atoms with Gasteiger partial charge in [-0.25, -0.2) is 0 Å². The van der Waals surface area contributed by atoms with Crippen LogP contribution >= 0.6 is 0 Å². The Morgan fingerprint density at radius 1 is 1.12 bits per heavy atom. The average molecular weight is 363 g/mol. The normalized spacial score (nSPS) is 15.8. The molecule has 0 radical (unpaired) electrons. The summed E-state index contributed by atoms with van der Waals surface area (Å²) in [5.41, 5.74) is -0.627. The van der Waals surface area contributed by atoms with E-state index in [1.807, 2.05) is 0 Å². The molecule has 136 valence electrons. The maximum Gasteiger partial charge on any atom is 0.416 e. The molecule has 0 bridgehead atoms. The molecule has 2 aromatic rings. The van der Waals surface area contributed by atoms with Gasteiger partial charge in [0.05, 0.1) is 17.5 Å². The number of alkyl halides is 3. The molecule has 1 aliphatic rings. The molecule has 0 saturated carbocycles. The van der Waals surface area contributed by atoms with Gasteiger partial charge in [-0.15, -0.1) is 0 Å². The van der Waals surface area contributed by atoms with Crippen molar-refractivity contribution in [2.75, 3.05) is 5.32 Å². The number of fused-ring (bicyclic) bond motifs is 1. The lowest BCUT2D eigenvalue weighted by atomic mass is 9.92. The Morgan fingerprint density at radius 3 is 2.38 bits per heavy atom. The Bertz CT molecular complexity index is 871. The highest BCUT2D eigenvalue weighted by Gasteiger charge is 2.33. The largest absolute Gasteiger partial charge is 0.487 e. The van der Waals surface area contributed by atoms with Crippen LogP contribution in [0.4, 0.5) is 18.9 Å². The first-order valence-electron chi connectivity index (χ1n) is 7.90. The van der Waals surface area contributed by atoms with Crippen LogP contribution in [0.15, 0.2) is 42.5 Å². The summed E-state index contributed by atoms with van der Waals surface area (Å²) < 4.78 is 43.4. The topological polar surface area (TPSA) is 55.4 Å². The summed E-state index contributed by atoms with van der Waals surface area (Å²) in [4.78, 5) is 24.6. The predicted molar refractivity (Wildman–Crippen MR) is 89.5 cm³/mol. The summed E-state index contributed by atoms with van der Waals surface area (Å²) in [5, 5.41) is 2.52. The maximum absolute atomic E-state index is 12.6. The average Bonchev–Trinajstić information content (AvgIpc) is 2.53. The number of amides is 1. The van der Waals surface area contributed by atoms with Gasteiger partial charge in [0.15, 0.2) is 5.78 Å². The highest BCUT2D eigenvalue weighted by atomic mass is 19.4. The van der Waals surface area contributed by atoms with E-state index < -0.39 is 23.2 Å². The van der Waals surface area contributed by atoms with Gasteiger partial charge in [0.1, 0.15) is 11.4 Å². The van der Waals surface area contributed by atoms with Crippen molar-refractivity contribution in [3.63, 3.8) is 0 Å². The molecule has 0 unspecified atom stereocenters. The zero-order valence-electron chi connectivity index (χ0n) is 14.1. The lowest BCUT2D eigenvalue weighted by Gasteiger charge is -2.31. The molecular weight excluding hydrogens is 347 g/mol. The van der Waals surface area contributed by atoms with Gasteiger partial charge in [-0.1, -0.05) is 0 Å². The van der Waals surface area contributed by atoms with E-state index in [-0.39, 0.29) is 23.5 Å². The minimum Gasteiger partial charge on any atom is -0.487 e. The Hall–Kier alpha value is -2.83. The van der Waals surface area contributed by atoms with E-state index in [0.29, 0.717) is 11.3 Å². The lowest BCUT2D eigenvalue weighted by molar-refractivity contribution is -0.137. The number of halogens is 3. The molecule has 1 N–H and O–H groups in total. The third-order valence-electron chi connectivity index (χ3n) is 3.98. The number of ketones is 1. The summed E-state index contributed by atoms with van der Waals surface area (Å²) >= 11 is 0. The molecule has 26 heavy (non-hydrogen) atoms. The molecule has 1 aliphatic heterocycles. The van der Waals surface area contributed by atoms with Crippen molar-refractivity contribution in [1.29, 1.82) is 0 Å². The molecule has 2 aromatic carbocycles. The summed E-state index contributed by atoms with van der Waals surface area (Å²) in [6, 6.07) is 8.63. The third-order valence-corrected chi connectivity index (χ3v) is 3.98. The summed E-state index contributed by atoms with van der Waals surface area (Å²) in [7, 11) is 0. The fraction of sp³-hybridized carbons (Fsp3) is 0.263. The molecule has 0 atom stereocenters. The van der Waals surface area contributed by atoms with Crippen LogP contribution < -0.4 is 10.1 Å². The van der Waals surface area contributed by atoms with Crippen LogP contribution in [0.1, 0.15) is 46.5 Å². The number of benzene rings is 2. The molecule has 3 rings (SSSR count). The third kappa shape index (κ3) is 3.71. The number of nitrogens with one attached hydrogen (secondary N) is 1. The van der Waals surface area contributed by atoms with Crippen molar-refractivity contribution in [2.45, 2.75) is 32.0 Å². The van der Waals surface area contributed by atoms with E-state index in [2.05, 4.69) is 5.32 Å². The molecule has 1 amide bonds. The minimum atomic E-state index is -4.44. The minimum absolute atomic E-state index is 0.125. The highest BCUT2D eigenvalue weighted by molar-refractivity contribution is 6.07.